The van der Waals surface area contributed by atoms with Crippen molar-refractivity contribution in [3.05, 3.63) is 65.2 Å². The molecule has 2 heterocycles. The van der Waals surface area contributed by atoms with Gasteiger partial charge in [-0.05, 0) is 42.7 Å². The molecule has 1 aliphatic rings. The summed E-state index contributed by atoms with van der Waals surface area (Å²) in [5.41, 5.74) is 2.92. The van der Waals surface area contributed by atoms with Gasteiger partial charge in [-0.2, -0.15) is 0 Å². The molecule has 4 heteroatoms. The first-order chi connectivity index (χ1) is 10.6. The molecule has 1 atom stereocenters. The van der Waals surface area contributed by atoms with E-state index in [1.165, 1.54) is 12.1 Å². The maximum atomic E-state index is 13.0. The molecule has 1 amide bonds. The first kappa shape index (κ1) is 14.7. The quantitative estimate of drug-likeness (QED) is 0.869. The summed E-state index contributed by atoms with van der Waals surface area (Å²) < 4.78 is 13.0. The van der Waals surface area contributed by atoms with Gasteiger partial charge < -0.3 is 4.90 Å². The Kier molecular flexibility index (Phi) is 4.18. The number of likely N-dealkylation sites (tertiary alicyclic amines) is 1. The highest BCUT2D eigenvalue weighted by Gasteiger charge is 2.28. The highest BCUT2D eigenvalue weighted by Crippen LogP contribution is 2.30. The molecular formula is C18H19FN2O. The third kappa shape index (κ3) is 3.16. The van der Waals surface area contributed by atoms with Crippen LogP contribution in [0.5, 0.6) is 0 Å². The predicted octanol–water partition coefficient (Wildman–Crippen LogP) is 3.49. The van der Waals surface area contributed by atoms with Gasteiger partial charge in [0.2, 0.25) is 5.91 Å². The van der Waals surface area contributed by atoms with E-state index in [9.17, 15) is 9.18 Å². The lowest BCUT2D eigenvalue weighted by Gasteiger charge is -2.23. The summed E-state index contributed by atoms with van der Waals surface area (Å²) in [6, 6.07) is 12.5. The third-order valence-electron chi connectivity index (χ3n) is 4.13. The summed E-state index contributed by atoms with van der Waals surface area (Å²) in [6.45, 7) is 2.42. The van der Waals surface area contributed by atoms with Crippen LogP contribution in [0.1, 0.15) is 42.8 Å². The Morgan fingerprint density at radius 1 is 1.27 bits per heavy atom. The number of aromatic nitrogens is 1. The van der Waals surface area contributed by atoms with Crippen molar-refractivity contribution >= 4 is 5.91 Å². The first-order valence-electron chi connectivity index (χ1n) is 7.61. The van der Waals surface area contributed by atoms with Crippen LogP contribution in [0, 0.1) is 5.82 Å². The third-order valence-corrected chi connectivity index (χ3v) is 4.13. The minimum absolute atomic E-state index is 0.0886. The SMILES string of the molecule is CC(=O)N1CCC[C@H]1c1cccc(Cc2ccc(F)cc2)n1. The Morgan fingerprint density at radius 2 is 2.05 bits per heavy atom. The molecule has 1 saturated heterocycles. The summed E-state index contributed by atoms with van der Waals surface area (Å²) in [7, 11) is 0. The number of carbonyl (C=O) groups is 1. The van der Waals surface area contributed by atoms with Crippen LogP contribution in [0.3, 0.4) is 0 Å². The maximum absolute atomic E-state index is 13.0. The molecule has 3 rings (SSSR count). The van der Waals surface area contributed by atoms with Gasteiger partial charge in [-0.3, -0.25) is 9.78 Å². The van der Waals surface area contributed by atoms with Gasteiger partial charge >= 0.3 is 0 Å². The molecule has 1 aliphatic heterocycles. The Balaban J connectivity index is 1.80. The number of benzene rings is 1. The van der Waals surface area contributed by atoms with Gasteiger partial charge in [0, 0.05) is 25.6 Å². The highest BCUT2D eigenvalue weighted by molar-refractivity contribution is 5.74. The zero-order chi connectivity index (χ0) is 15.5. The number of halogens is 1. The molecule has 0 aliphatic carbocycles. The van der Waals surface area contributed by atoms with Crippen LogP contribution in [-0.4, -0.2) is 22.3 Å². The van der Waals surface area contributed by atoms with Crippen molar-refractivity contribution in [2.75, 3.05) is 6.54 Å². The van der Waals surface area contributed by atoms with E-state index in [0.717, 1.165) is 36.3 Å². The van der Waals surface area contributed by atoms with E-state index in [0.29, 0.717) is 6.42 Å². The number of amides is 1. The van der Waals surface area contributed by atoms with E-state index in [-0.39, 0.29) is 17.8 Å². The second-order valence-corrected chi connectivity index (χ2v) is 5.73. The monoisotopic (exact) mass is 298 g/mol. The van der Waals surface area contributed by atoms with Crippen LogP contribution < -0.4 is 0 Å². The molecule has 114 valence electrons. The van der Waals surface area contributed by atoms with Crippen LogP contribution in [0.2, 0.25) is 0 Å². The van der Waals surface area contributed by atoms with Gasteiger partial charge in [0.25, 0.3) is 0 Å². The molecule has 1 aromatic heterocycles. The molecule has 1 aromatic carbocycles. The fraction of sp³-hybridized carbons (Fsp3) is 0.333. The van der Waals surface area contributed by atoms with E-state index in [1.807, 2.05) is 23.1 Å². The van der Waals surface area contributed by atoms with Crippen LogP contribution in [0.25, 0.3) is 0 Å². The molecule has 1 fully saturated rings. The van der Waals surface area contributed by atoms with Gasteiger partial charge in [0.1, 0.15) is 5.82 Å². The summed E-state index contributed by atoms with van der Waals surface area (Å²) in [4.78, 5) is 18.3. The van der Waals surface area contributed by atoms with Gasteiger partial charge in [-0.15, -0.1) is 0 Å². The second-order valence-electron chi connectivity index (χ2n) is 5.73. The molecule has 0 bridgehead atoms. The van der Waals surface area contributed by atoms with E-state index in [1.54, 1.807) is 19.1 Å². The number of hydrogen-bond donors (Lipinski definition) is 0. The Hall–Kier alpha value is -2.23. The summed E-state index contributed by atoms with van der Waals surface area (Å²) >= 11 is 0. The molecule has 0 N–H and O–H groups in total. The minimum atomic E-state index is -0.228. The Bertz CT molecular complexity index is 669. The van der Waals surface area contributed by atoms with Crippen molar-refractivity contribution in [2.24, 2.45) is 0 Å². The summed E-state index contributed by atoms with van der Waals surface area (Å²) in [5, 5.41) is 0. The molecule has 3 nitrogen and oxygen atoms in total. The Morgan fingerprint density at radius 3 is 2.77 bits per heavy atom. The lowest BCUT2D eigenvalue weighted by Crippen LogP contribution is -2.28. The van der Waals surface area contributed by atoms with Crippen LogP contribution in [0.4, 0.5) is 4.39 Å². The molecule has 22 heavy (non-hydrogen) atoms. The van der Waals surface area contributed by atoms with E-state index in [4.69, 9.17) is 4.98 Å². The second kappa shape index (κ2) is 6.26. The molecule has 0 unspecified atom stereocenters. The first-order valence-corrected chi connectivity index (χ1v) is 7.61. The molecule has 2 aromatic rings. The van der Waals surface area contributed by atoms with E-state index in [2.05, 4.69) is 0 Å². The molecule has 0 spiro atoms. The van der Waals surface area contributed by atoms with Crippen molar-refractivity contribution < 1.29 is 9.18 Å². The average Bonchev–Trinajstić information content (AvgIpc) is 3.00. The Labute approximate surface area is 129 Å². The van der Waals surface area contributed by atoms with Crippen molar-refractivity contribution in [3.8, 4) is 0 Å². The summed E-state index contributed by atoms with van der Waals surface area (Å²) in [6.07, 6.45) is 2.65. The normalized spacial score (nSPS) is 17.7. The molecule has 0 saturated carbocycles. The van der Waals surface area contributed by atoms with Gasteiger partial charge in [0.05, 0.1) is 11.7 Å². The fourth-order valence-electron chi connectivity index (χ4n) is 3.04. The number of nitrogens with zero attached hydrogens (tertiary/aromatic N) is 2. The van der Waals surface area contributed by atoms with Gasteiger partial charge in [0.15, 0.2) is 0 Å². The van der Waals surface area contributed by atoms with Gasteiger partial charge in [-0.25, -0.2) is 4.39 Å². The van der Waals surface area contributed by atoms with Crippen molar-refractivity contribution in [3.63, 3.8) is 0 Å². The number of pyridine rings is 1. The maximum Gasteiger partial charge on any atom is 0.220 e. The van der Waals surface area contributed by atoms with E-state index < -0.39 is 0 Å². The fourth-order valence-corrected chi connectivity index (χ4v) is 3.04. The number of rotatable bonds is 3. The van der Waals surface area contributed by atoms with Crippen molar-refractivity contribution in [1.29, 1.82) is 0 Å². The topological polar surface area (TPSA) is 33.2 Å². The lowest BCUT2D eigenvalue weighted by atomic mass is 10.1. The van der Waals surface area contributed by atoms with Crippen LogP contribution in [0.15, 0.2) is 42.5 Å². The highest BCUT2D eigenvalue weighted by atomic mass is 19.1. The zero-order valence-electron chi connectivity index (χ0n) is 12.6. The van der Waals surface area contributed by atoms with Crippen LogP contribution >= 0.6 is 0 Å². The van der Waals surface area contributed by atoms with Crippen molar-refractivity contribution in [2.45, 2.75) is 32.2 Å². The smallest absolute Gasteiger partial charge is 0.220 e. The van der Waals surface area contributed by atoms with Crippen molar-refractivity contribution in [1.82, 2.24) is 9.88 Å². The zero-order valence-corrected chi connectivity index (χ0v) is 12.6. The molecular weight excluding hydrogens is 279 g/mol. The van der Waals surface area contributed by atoms with Gasteiger partial charge in [-0.1, -0.05) is 18.2 Å². The largest absolute Gasteiger partial charge is 0.334 e. The summed E-state index contributed by atoms with van der Waals surface area (Å²) in [5.74, 6) is -0.123. The van der Waals surface area contributed by atoms with Crippen LogP contribution in [-0.2, 0) is 11.2 Å². The number of hydrogen-bond acceptors (Lipinski definition) is 2. The predicted molar refractivity (Wildman–Crippen MR) is 82.8 cm³/mol. The average molecular weight is 298 g/mol. The number of carbonyl (C=O) groups excluding carboxylic acids is 1. The molecule has 0 radical (unpaired) electrons. The standard InChI is InChI=1S/C18H19FN2O/c1-13(22)21-11-3-6-18(21)17-5-2-4-16(20-17)12-14-7-9-15(19)10-8-14/h2,4-5,7-10,18H,3,6,11-12H2,1H3/t18-/m0/s1. The minimum Gasteiger partial charge on any atom is -0.334 e. The van der Waals surface area contributed by atoms with E-state index >= 15 is 0 Å². The lowest BCUT2D eigenvalue weighted by molar-refractivity contribution is -0.129.